The minimum absolute atomic E-state index is 0.0718. The first-order valence-corrected chi connectivity index (χ1v) is 7.10. The van der Waals surface area contributed by atoms with E-state index in [0.717, 1.165) is 18.2 Å². The van der Waals surface area contributed by atoms with Gasteiger partial charge in [-0.3, -0.25) is 4.79 Å². The maximum absolute atomic E-state index is 11.9. The summed E-state index contributed by atoms with van der Waals surface area (Å²) in [5.41, 5.74) is -0.191. The van der Waals surface area contributed by atoms with Crippen LogP contribution in [-0.4, -0.2) is 27.0 Å². The molecule has 112 valence electrons. The summed E-state index contributed by atoms with van der Waals surface area (Å²) in [5.74, 6) is -0.873. The Balaban J connectivity index is 2.86. The second-order valence-corrected chi connectivity index (χ2v) is 5.84. The number of benzene rings is 1. The van der Waals surface area contributed by atoms with Crippen molar-refractivity contribution >= 4 is 27.5 Å². The lowest BCUT2D eigenvalue weighted by atomic mass is 10.2. The molecule has 0 atom stereocenters. The van der Waals surface area contributed by atoms with Gasteiger partial charge in [-0.1, -0.05) is 11.6 Å². The predicted octanol–water partition coefficient (Wildman–Crippen LogP) is 1.67. The summed E-state index contributed by atoms with van der Waals surface area (Å²) in [6, 6.07) is 3.09. The van der Waals surface area contributed by atoms with Crippen molar-refractivity contribution in [3.63, 3.8) is 0 Å². The van der Waals surface area contributed by atoms with Crippen LogP contribution in [0.1, 0.15) is 16.8 Å². The van der Waals surface area contributed by atoms with Gasteiger partial charge in [-0.15, -0.1) is 0 Å². The summed E-state index contributed by atoms with van der Waals surface area (Å²) < 4.78 is 58.1. The number of sulfonamides is 1. The maximum Gasteiger partial charge on any atom is 0.390 e. The van der Waals surface area contributed by atoms with Crippen LogP contribution in [0.5, 0.6) is 0 Å². The van der Waals surface area contributed by atoms with Crippen LogP contribution < -0.4 is 10.5 Å². The molecule has 0 bridgehead atoms. The van der Waals surface area contributed by atoms with Crippen LogP contribution in [0.15, 0.2) is 23.1 Å². The van der Waals surface area contributed by atoms with Gasteiger partial charge in [0.2, 0.25) is 10.0 Å². The van der Waals surface area contributed by atoms with E-state index < -0.39 is 40.0 Å². The normalized spacial score (nSPS) is 12.2. The standard InChI is InChI=1S/C10H10ClF3N2O3S/c11-7-3-6(4-8(5-7)20(15,18)19)9(17)16-2-1-10(12,13)14/h3-5H,1-2H2,(H,16,17)(H2,15,18,19). The summed E-state index contributed by atoms with van der Waals surface area (Å²) in [7, 11) is -4.07. The van der Waals surface area contributed by atoms with Crippen LogP contribution >= 0.6 is 11.6 Å². The topological polar surface area (TPSA) is 89.3 Å². The lowest BCUT2D eigenvalue weighted by Crippen LogP contribution is -2.28. The first-order chi connectivity index (χ1) is 8.99. The first-order valence-electron chi connectivity index (χ1n) is 5.17. The fourth-order valence-corrected chi connectivity index (χ4v) is 2.16. The van der Waals surface area contributed by atoms with E-state index in [-0.39, 0.29) is 10.6 Å². The molecule has 0 aliphatic heterocycles. The summed E-state index contributed by atoms with van der Waals surface area (Å²) in [6.45, 7) is -0.625. The van der Waals surface area contributed by atoms with E-state index in [2.05, 4.69) is 0 Å². The predicted molar refractivity (Wildman–Crippen MR) is 65.8 cm³/mol. The Morgan fingerprint density at radius 2 is 1.90 bits per heavy atom. The number of amides is 1. The van der Waals surface area contributed by atoms with Crippen LogP contribution in [0, 0.1) is 0 Å². The Morgan fingerprint density at radius 3 is 2.40 bits per heavy atom. The smallest absolute Gasteiger partial charge is 0.352 e. The van der Waals surface area contributed by atoms with Gasteiger partial charge in [0.1, 0.15) is 0 Å². The Labute approximate surface area is 118 Å². The van der Waals surface area contributed by atoms with Crippen LogP contribution in [-0.2, 0) is 10.0 Å². The molecule has 3 N–H and O–H groups in total. The monoisotopic (exact) mass is 330 g/mol. The average Bonchev–Trinajstić information content (AvgIpc) is 2.25. The summed E-state index contributed by atoms with van der Waals surface area (Å²) in [4.78, 5) is 11.2. The number of nitrogens with two attached hydrogens (primary N) is 1. The molecule has 0 radical (unpaired) electrons. The Morgan fingerprint density at radius 1 is 1.30 bits per heavy atom. The lowest BCUT2D eigenvalue weighted by molar-refractivity contribution is -0.132. The highest BCUT2D eigenvalue weighted by Crippen LogP contribution is 2.20. The number of nitrogens with one attached hydrogen (secondary N) is 1. The fraction of sp³-hybridized carbons (Fsp3) is 0.300. The third-order valence-electron chi connectivity index (χ3n) is 2.16. The maximum atomic E-state index is 11.9. The van der Waals surface area contributed by atoms with Crippen molar-refractivity contribution in [3.8, 4) is 0 Å². The molecule has 1 aromatic rings. The molecule has 0 aromatic heterocycles. The van der Waals surface area contributed by atoms with Crippen molar-refractivity contribution < 1.29 is 26.4 Å². The molecule has 0 unspecified atom stereocenters. The molecule has 0 aliphatic carbocycles. The molecule has 0 saturated carbocycles. The minimum atomic E-state index is -4.40. The zero-order chi connectivity index (χ0) is 15.6. The number of primary sulfonamides is 1. The highest BCUT2D eigenvalue weighted by molar-refractivity contribution is 7.89. The molecule has 0 heterocycles. The molecule has 0 fully saturated rings. The number of alkyl halides is 3. The number of carbonyl (C=O) groups is 1. The quantitative estimate of drug-likeness (QED) is 0.880. The number of halogens is 4. The van der Waals surface area contributed by atoms with Crippen molar-refractivity contribution in [1.29, 1.82) is 0 Å². The minimum Gasteiger partial charge on any atom is -0.352 e. The highest BCUT2D eigenvalue weighted by Gasteiger charge is 2.26. The van der Waals surface area contributed by atoms with Crippen molar-refractivity contribution in [2.45, 2.75) is 17.5 Å². The number of hydrogen-bond acceptors (Lipinski definition) is 3. The molecule has 1 aromatic carbocycles. The van der Waals surface area contributed by atoms with Crippen LogP contribution in [0.3, 0.4) is 0 Å². The largest absolute Gasteiger partial charge is 0.390 e. The third-order valence-corrected chi connectivity index (χ3v) is 3.27. The van der Waals surface area contributed by atoms with E-state index >= 15 is 0 Å². The average molecular weight is 331 g/mol. The lowest BCUT2D eigenvalue weighted by Gasteiger charge is -2.09. The van der Waals surface area contributed by atoms with E-state index in [0.29, 0.717) is 0 Å². The number of carbonyl (C=O) groups excluding carboxylic acids is 1. The van der Waals surface area contributed by atoms with E-state index in [1.54, 1.807) is 0 Å². The van der Waals surface area contributed by atoms with Gasteiger partial charge in [-0.25, -0.2) is 13.6 Å². The molecular formula is C10H10ClF3N2O3S. The van der Waals surface area contributed by atoms with Gasteiger partial charge in [-0.2, -0.15) is 13.2 Å². The molecule has 0 saturated heterocycles. The summed E-state index contributed by atoms with van der Waals surface area (Å²) >= 11 is 5.63. The Bertz CT molecular complexity index is 617. The molecule has 5 nitrogen and oxygen atoms in total. The van der Waals surface area contributed by atoms with E-state index in [9.17, 15) is 26.4 Å². The van der Waals surface area contributed by atoms with Crippen LogP contribution in [0.2, 0.25) is 5.02 Å². The zero-order valence-electron chi connectivity index (χ0n) is 9.87. The Kier molecular flexibility index (Phi) is 5.00. The summed E-state index contributed by atoms with van der Waals surface area (Å²) in [6.07, 6.45) is -5.59. The van der Waals surface area contributed by atoms with E-state index in [1.807, 2.05) is 5.32 Å². The van der Waals surface area contributed by atoms with Crippen molar-refractivity contribution in [2.24, 2.45) is 5.14 Å². The second kappa shape index (κ2) is 5.98. The molecule has 1 rings (SSSR count). The fourth-order valence-electron chi connectivity index (χ4n) is 1.28. The Hall–Kier alpha value is -1.32. The third kappa shape index (κ3) is 5.35. The van der Waals surface area contributed by atoms with E-state index in [4.69, 9.17) is 16.7 Å². The van der Waals surface area contributed by atoms with Crippen molar-refractivity contribution in [2.75, 3.05) is 6.54 Å². The van der Waals surface area contributed by atoms with Gasteiger partial charge in [0.05, 0.1) is 11.3 Å². The molecule has 0 spiro atoms. The second-order valence-electron chi connectivity index (χ2n) is 3.84. The molecule has 10 heteroatoms. The van der Waals surface area contributed by atoms with E-state index in [1.165, 1.54) is 0 Å². The first kappa shape index (κ1) is 16.7. The SMILES string of the molecule is NS(=O)(=O)c1cc(Cl)cc(C(=O)NCCC(F)(F)F)c1. The molecule has 0 aliphatic rings. The van der Waals surface area contributed by atoms with Crippen LogP contribution in [0.4, 0.5) is 13.2 Å². The van der Waals surface area contributed by atoms with Crippen molar-refractivity contribution in [3.05, 3.63) is 28.8 Å². The van der Waals surface area contributed by atoms with Gasteiger partial charge < -0.3 is 5.32 Å². The van der Waals surface area contributed by atoms with Gasteiger partial charge >= 0.3 is 6.18 Å². The van der Waals surface area contributed by atoms with Crippen molar-refractivity contribution in [1.82, 2.24) is 5.32 Å². The van der Waals surface area contributed by atoms with Gasteiger partial charge in [0, 0.05) is 17.1 Å². The number of rotatable bonds is 4. The number of hydrogen-bond donors (Lipinski definition) is 2. The summed E-state index contributed by atoms with van der Waals surface area (Å²) in [5, 5.41) is 6.82. The molecule has 1 amide bonds. The zero-order valence-corrected chi connectivity index (χ0v) is 11.4. The highest BCUT2D eigenvalue weighted by atomic mass is 35.5. The van der Waals surface area contributed by atoms with Crippen LogP contribution in [0.25, 0.3) is 0 Å². The van der Waals surface area contributed by atoms with Gasteiger partial charge in [0.15, 0.2) is 0 Å². The molecule has 20 heavy (non-hydrogen) atoms. The van der Waals surface area contributed by atoms with Gasteiger partial charge in [-0.05, 0) is 18.2 Å². The van der Waals surface area contributed by atoms with Gasteiger partial charge in [0.25, 0.3) is 5.91 Å². The molecular weight excluding hydrogens is 321 g/mol.